The van der Waals surface area contributed by atoms with E-state index in [1.807, 2.05) is 0 Å². The third-order valence-electron chi connectivity index (χ3n) is 4.18. The van der Waals surface area contributed by atoms with Gasteiger partial charge in [0.1, 0.15) is 6.10 Å². The van der Waals surface area contributed by atoms with Crippen LogP contribution in [0.25, 0.3) is 0 Å². The van der Waals surface area contributed by atoms with Gasteiger partial charge in [-0.3, -0.25) is 4.74 Å². The van der Waals surface area contributed by atoms with Gasteiger partial charge in [0.15, 0.2) is 5.60 Å². The monoisotopic (exact) mass is 351 g/mol. The molecule has 2 atom stereocenters. The third kappa shape index (κ3) is 3.61. The van der Waals surface area contributed by atoms with Crippen LogP contribution in [0, 0.1) is 0 Å². The molecular formula is C13H16F3N3O5. The van der Waals surface area contributed by atoms with Crippen molar-refractivity contribution in [2.45, 2.75) is 56.2 Å². The highest BCUT2D eigenvalue weighted by Crippen LogP contribution is 2.48. The van der Waals surface area contributed by atoms with Gasteiger partial charge >= 0.3 is 12.5 Å². The Labute approximate surface area is 134 Å². The van der Waals surface area contributed by atoms with E-state index < -0.39 is 24.2 Å². The molecule has 3 rings (SSSR count). The second-order valence-electron chi connectivity index (χ2n) is 5.89. The predicted molar refractivity (Wildman–Crippen MR) is 69.8 cm³/mol. The lowest BCUT2D eigenvalue weighted by molar-refractivity contribution is -0.387. The largest absolute Gasteiger partial charge is 0.523 e. The zero-order chi connectivity index (χ0) is 17.4. The molecule has 2 N–H and O–H groups in total. The first-order valence-corrected chi connectivity index (χ1v) is 7.49. The Morgan fingerprint density at radius 3 is 2.58 bits per heavy atom. The van der Waals surface area contributed by atoms with Crippen molar-refractivity contribution in [2.75, 3.05) is 6.61 Å². The third-order valence-corrected chi connectivity index (χ3v) is 4.18. The number of aromatic nitrogens is 2. The fourth-order valence-electron chi connectivity index (χ4n) is 2.86. The molecule has 8 nitrogen and oxygen atoms in total. The molecule has 1 aliphatic heterocycles. The van der Waals surface area contributed by atoms with Crippen molar-refractivity contribution < 1.29 is 37.0 Å². The molecule has 2 heterocycles. The molecule has 0 bridgehead atoms. The number of nitrogens with one attached hydrogen (secondary N) is 1. The van der Waals surface area contributed by atoms with Gasteiger partial charge in [-0.2, -0.15) is 0 Å². The van der Waals surface area contributed by atoms with Crippen molar-refractivity contribution in [3.8, 4) is 0 Å². The number of carboxylic acid groups (broad SMARTS) is 1. The Bertz CT molecular complexity index is 594. The normalized spacial score (nSPS) is 26.6. The highest BCUT2D eigenvalue weighted by molar-refractivity contribution is 5.64. The summed E-state index contributed by atoms with van der Waals surface area (Å²) in [7, 11) is 0. The first-order valence-electron chi connectivity index (χ1n) is 7.49. The second kappa shape index (κ2) is 6.20. The van der Waals surface area contributed by atoms with Crippen LogP contribution in [-0.4, -0.2) is 40.4 Å². The molecule has 0 spiro atoms. The van der Waals surface area contributed by atoms with Gasteiger partial charge in [0, 0.05) is 0 Å². The molecule has 0 radical (unpaired) electrons. The van der Waals surface area contributed by atoms with E-state index in [2.05, 4.69) is 20.3 Å². The number of halogens is 3. The average Bonchev–Trinajstić information content (AvgIpc) is 2.92. The first-order chi connectivity index (χ1) is 11.3. The number of alkyl halides is 3. The van der Waals surface area contributed by atoms with Crippen LogP contribution in [-0.2, 0) is 15.1 Å². The summed E-state index contributed by atoms with van der Waals surface area (Å²) in [6, 6.07) is -0.340. The van der Waals surface area contributed by atoms with E-state index in [1.165, 1.54) is 0 Å². The van der Waals surface area contributed by atoms with E-state index >= 15 is 0 Å². The fraction of sp³-hybridized carbons (Fsp3) is 0.769. The predicted octanol–water partition coefficient (Wildman–Crippen LogP) is 2.47. The summed E-state index contributed by atoms with van der Waals surface area (Å²) in [6.07, 6.45) is -4.69. The van der Waals surface area contributed by atoms with Gasteiger partial charge in [0.25, 0.3) is 0 Å². The smallest absolute Gasteiger partial charge is 0.465 e. The Balaban J connectivity index is 1.65. The summed E-state index contributed by atoms with van der Waals surface area (Å²) in [5, 5.41) is 18.4. The molecule has 1 aromatic rings. The lowest BCUT2D eigenvalue weighted by Gasteiger charge is -2.38. The number of amides is 1. The minimum atomic E-state index is -4.79. The summed E-state index contributed by atoms with van der Waals surface area (Å²) >= 11 is 0. The Morgan fingerprint density at radius 2 is 2.08 bits per heavy atom. The molecule has 2 aliphatic rings. The zero-order valence-corrected chi connectivity index (χ0v) is 12.5. The number of nitrogens with zero attached hydrogens (tertiary/aromatic N) is 2. The summed E-state index contributed by atoms with van der Waals surface area (Å²) < 4.78 is 52.8. The molecule has 0 aromatic carbocycles. The molecule has 2 fully saturated rings. The maximum absolute atomic E-state index is 12.6. The molecule has 24 heavy (non-hydrogen) atoms. The maximum atomic E-state index is 12.6. The SMILES string of the molecule is O=C(O)N[C@H]1CCC(c2nnc(C3(OC(F)(F)F)CCC3)o2)OC1. The van der Waals surface area contributed by atoms with E-state index in [9.17, 15) is 18.0 Å². The minimum absolute atomic E-state index is 0.0795. The molecule has 1 aliphatic carbocycles. The van der Waals surface area contributed by atoms with Crippen molar-refractivity contribution in [2.24, 2.45) is 0 Å². The van der Waals surface area contributed by atoms with Crippen LogP contribution >= 0.6 is 0 Å². The van der Waals surface area contributed by atoms with Crippen LogP contribution in [0.1, 0.15) is 50.0 Å². The molecule has 11 heteroatoms. The number of rotatable bonds is 4. The minimum Gasteiger partial charge on any atom is -0.465 e. The molecule has 134 valence electrons. The topological polar surface area (TPSA) is 107 Å². The summed E-state index contributed by atoms with van der Waals surface area (Å²) in [4.78, 5) is 10.6. The van der Waals surface area contributed by atoms with Crippen LogP contribution in [0.15, 0.2) is 4.42 Å². The average molecular weight is 351 g/mol. The Kier molecular flexibility index (Phi) is 4.38. The molecular weight excluding hydrogens is 335 g/mol. The Hall–Kier alpha value is -1.88. The zero-order valence-electron chi connectivity index (χ0n) is 12.5. The number of ether oxygens (including phenoxy) is 2. The van der Waals surface area contributed by atoms with Gasteiger partial charge in [-0.25, -0.2) is 4.79 Å². The van der Waals surface area contributed by atoms with Crippen LogP contribution < -0.4 is 5.32 Å². The Morgan fingerprint density at radius 1 is 1.33 bits per heavy atom. The maximum Gasteiger partial charge on any atom is 0.523 e. The van der Waals surface area contributed by atoms with E-state index in [0.717, 1.165) is 0 Å². The van der Waals surface area contributed by atoms with Crippen molar-refractivity contribution in [1.82, 2.24) is 15.5 Å². The lowest BCUT2D eigenvalue weighted by atomic mass is 9.80. The number of carbonyl (C=O) groups is 1. The van der Waals surface area contributed by atoms with Gasteiger partial charge in [-0.05, 0) is 32.1 Å². The quantitative estimate of drug-likeness (QED) is 0.858. The van der Waals surface area contributed by atoms with Crippen molar-refractivity contribution in [3.63, 3.8) is 0 Å². The second-order valence-corrected chi connectivity index (χ2v) is 5.89. The summed E-state index contributed by atoms with van der Waals surface area (Å²) in [5.41, 5.74) is -1.61. The lowest BCUT2D eigenvalue weighted by Crippen LogP contribution is -2.42. The first kappa shape index (κ1) is 17.0. The molecule has 1 saturated heterocycles. The number of hydrogen-bond acceptors (Lipinski definition) is 6. The molecule has 1 unspecified atom stereocenters. The van der Waals surface area contributed by atoms with Gasteiger partial charge in [0.05, 0.1) is 12.6 Å². The van der Waals surface area contributed by atoms with Crippen LogP contribution in [0.3, 0.4) is 0 Å². The highest BCUT2D eigenvalue weighted by Gasteiger charge is 2.52. The summed E-state index contributed by atoms with van der Waals surface area (Å²) in [6.45, 7) is 0.124. The fourth-order valence-corrected chi connectivity index (χ4v) is 2.86. The number of hydrogen-bond donors (Lipinski definition) is 2. The van der Waals surface area contributed by atoms with Gasteiger partial charge in [0.2, 0.25) is 11.8 Å². The summed E-state index contributed by atoms with van der Waals surface area (Å²) in [5.74, 6) is -0.119. The van der Waals surface area contributed by atoms with Gasteiger partial charge in [-0.1, -0.05) is 0 Å². The van der Waals surface area contributed by atoms with Crippen molar-refractivity contribution in [3.05, 3.63) is 11.8 Å². The van der Waals surface area contributed by atoms with Gasteiger partial charge < -0.3 is 19.6 Å². The van der Waals surface area contributed by atoms with Crippen LogP contribution in [0.2, 0.25) is 0 Å². The van der Waals surface area contributed by atoms with Gasteiger partial charge in [-0.15, -0.1) is 23.4 Å². The highest BCUT2D eigenvalue weighted by atomic mass is 19.4. The van der Waals surface area contributed by atoms with Crippen LogP contribution in [0.4, 0.5) is 18.0 Å². The van der Waals surface area contributed by atoms with Crippen molar-refractivity contribution in [1.29, 1.82) is 0 Å². The van der Waals surface area contributed by atoms with E-state index in [-0.39, 0.29) is 37.3 Å². The standard InChI is InChI=1S/C13H16F3N3O5/c14-13(15,16)24-12(4-1-5-12)10-19-18-9(23-10)8-3-2-7(6-22-8)17-11(20)21/h7-8,17H,1-6H2,(H,20,21)/t7-,8?/m0/s1. The van der Waals surface area contributed by atoms with E-state index in [1.54, 1.807) is 0 Å². The molecule has 1 amide bonds. The molecule has 1 saturated carbocycles. The molecule has 1 aromatic heterocycles. The van der Waals surface area contributed by atoms with Crippen molar-refractivity contribution >= 4 is 6.09 Å². The van der Waals surface area contributed by atoms with E-state index in [0.29, 0.717) is 19.3 Å². The van der Waals surface area contributed by atoms with Crippen LogP contribution in [0.5, 0.6) is 0 Å². The van der Waals surface area contributed by atoms with E-state index in [4.69, 9.17) is 14.3 Å².